The lowest BCUT2D eigenvalue weighted by Gasteiger charge is -2.28. The molecule has 0 spiro atoms. The monoisotopic (exact) mass is 277 g/mol. The molecule has 1 aliphatic heterocycles. The molecule has 2 atom stereocenters. The molecule has 1 N–H and O–H groups in total. The van der Waals surface area contributed by atoms with E-state index in [1.165, 1.54) is 20.0 Å². The molecule has 2 unspecified atom stereocenters. The average Bonchev–Trinajstić information content (AvgIpc) is 2.79. The summed E-state index contributed by atoms with van der Waals surface area (Å²) in [7, 11) is 1.50. The second-order valence-electron chi connectivity index (χ2n) is 5.50. The van der Waals surface area contributed by atoms with Crippen LogP contribution in [0.25, 0.3) is 0 Å². The van der Waals surface area contributed by atoms with Crippen molar-refractivity contribution in [2.24, 2.45) is 0 Å². The minimum absolute atomic E-state index is 0.241. The lowest BCUT2D eigenvalue weighted by atomic mass is 10.1. The topological polar surface area (TPSA) is 49.8 Å². The van der Waals surface area contributed by atoms with Gasteiger partial charge in [0.05, 0.1) is 7.11 Å². The van der Waals surface area contributed by atoms with Crippen LogP contribution in [0, 0.1) is 0 Å². The maximum Gasteiger partial charge on any atom is 0.339 e. The highest BCUT2D eigenvalue weighted by molar-refractivity contribution is 5.91. The van der Waals surface area contributed by atoms with E-state index in [1.807, 2.05) is 6.07 Å². The van der Waals surface area contributed by atoms with Gasteiger partial charge in [-0.25, -0.2) is 4.79 Å². The van der Waals surface area contributed by atoms with Crippen molar-refractivity contribution < 1.29 is 14.6 Å². The number of likely N-dealkylation sites (tertiary alicyclic amines) is 1. The van der Waals surface area contributed by atoms with Crippen LogP contribution in [0.15, 0.2) is 18.2 Å². The number of ether oxygens (including phenoxy) is 1. The summed E-state index contributed by atoms with van der Waals surface area (Å²) in [4.78, 5) is 13.7. The lowest BCUT2D eigenvalue weighted by molar-refractivity contribution is 0.0693. The summed E-state index contributed by atoms with van der Waals surface area (Å²) in [5.41, 5.74) is 1.28. The average molecular weight is 277 g/mol. The first-order chi connectivity index (χ1) is 9.56. The van der Waals surface area contributed by atoms with Gasteiger partial charge >= 0.3 is 5.97 Å². The molecule has 1 aliphatic rings. The molecular weight excluding hydrogens is 254 g/mol. The number of hydrogen-bond acceptors (Lipinski definition) is 3. The Bertz CT molecular complexity index is 487. The highest BCUT2D eigenvalue weighted by Gasteiger charge is 2.29. The van der Waals surface area contributed by atoms with Crippen molar-refractivity contribution in [3.63, 3.8) is 0 Å². The van der Waals surface area contributed by atoms with E-state index in [9.17, 15) is 9.90 Å². The van der Waals surface area contributed by atoms with Gasteiger partial charge in [0.25, 0.3) is 0 Å². The molecule has 4 nitrogen and oxygen atoms in total. The third kappa shape index (κ3) is 2.96. The number of nitrogens with zero attached hydrogens (tertiary/aromatic N) is 1. The fourth-order valence-corrected chi connectivity index (χ4v) is 3.08. The molecule has 1 saturated heterocycles. The number of rotatable bonds is 5. The molecule has 0 bridgehead atoms. The van der Waals surface area contributed by atoms with Crippen LogP contribution in [0.2, 0.25) is 0 Å². The molecule has 4 heteroatoms. The first-order valence-electron chi connectivity index (χ1n) is 7.22. The molecule has 0 aromatic heterocycles. The zero-order chi connectivity index (χ0) is 14.7. The summed E-state index contributed by atoms with van der Waals surface area (Å²) < 4.78 is 5.10. The maximum atomic E-state index is 11.3. The predicted octanol–water partition coefficient (Wildman–Crippen LogP) is 3.16. The van der Waals surface area contributed by atoms with Crippen molar-refractivity contribution in [3.05, 3.63) is 29.3 Å². The molecule has 1 heterocycles. The van der Waals surface area contributed by atoms with Crippen molar-refractivity contribution in [3.8, 4) is 5.75 Å². The number of carboxylic acid groups (broad SMARTS) is 1. The van der Waals surface area contributed by atoms with E-state index in [4.69, 9.17) is 4.74 Å². The van der Waals surface area contributed by atoms with Crippen LogP contribution in [-0.4, -0.2) is 35.2 Å². The second kappa shape index (κ2) is 6.27. The number of carbonyl (C=O) groups is 1. The Kier molecular flexibility index (Phi) is 4.65. The van der Waals surface area contributed by atoms with E-state index in [2.05, 4.69) is 18.7 Å². The Morgan fingerprint density at radius 1 is 1.45 bits per heavy atom. The van der Waals surface area contributed by atoms with Crippen molar-refractivity contribution in [2.45, 2.75) is 51.7 Å². The van der Waals surface area contributed by atoms with Crippen LogP contribution < -0.4 is 4.74 Å². The number of aromatic carboxylic acids is 1. The van der Waals surface area contributed by atoms with E-state index in [0.717, 1.165) is 18.5 Å². The van der Waals surface area contributed by atoms with E-state index in [-0.39, 0.29) is 5.56 Å². The van der Waals surface area contributed by atoms with E-state index < -0.39 is 5.97 Å². The second-order valence-corrected chi connectivity index (χ2v) is 5.50. The highest BCUT2D eigenvalue weighted by Crippen LogP contribution is 2.29. The number of methoxy groups -OCH3 is 1. The van der Waals surface area contributed by atoms with E-state index in [1.54, 1.807) is 12.1 Å². The molecule has 20 heavy (non-hydrogen) atoms. The van der Waals surface area contributed by atoms with Crippen LogP contribution in [-0.2, 0) is 6.54 Å². The van der Waals surface area contributed by atoms with Gasteiger partial charge in [-0.3, -0.25) is 4.90 Å². The zero-order valence-corrected chi connectivity index (χ0v) is 12.4. The smallest absolute Gasteiger partial charge is 0.339 e. The van der Waals surface area contributed by atoms with Crippen molar-refractivity contribution in [1.82, 2.24) is 4.90 Å². The standard InChI is InChI=1S/C16H23NO3/c1-4-13-7-5-11(2)17(13)10-12-6-8-15(20-3)14(9-12)16(18)19/h6,8-9,11,13H,4-5,7,10H2,1-3H3,(H,18,19). The van der Waals surface area contributed by atoms with Crippen LogP contribution >= 0.6 is 0 Å². The lowest BCUT2D eigenvalue weighted by Crippen LogP contribution is -2.33. The predicted molar refractivity (Wildman–Crippen MR) is 78.3 cm³/mol. The Labute approximate surface area is 120 Å². The Balaban J connectivity index is 2.21. The van der Waals surface area contributed by atoms with Crippen molar-refractivity contribution in [1.29, 1.82) is 0 Å². The summed E-state index contributed by atoms with van der Waals surface area (Å²) >= 11 is 0. The van der Waals surface area contributed by atoms with Crippen LogP contribution in [0.4, 0.5) is 0 Å². The van der Waals surface area contributed by atoms with Crippen LogP contribution in [0.5, 0.6) is 5.75 Å². The molecule has 1 aromatic carbocycles. The molecule has 1 aromatic rings. The number of benzene rings is 1. The van der Waals surface area contributed by atoms with Gasteiger partial charge in [-0.2, -0.15) is 0 Å². The number of hydrogen-bond donors (Lipinski definition) is 1. The minimum atomic E-state index is -0.940. The summed E-state index contributed by atoms with van der Waals surface area (Å²) in [5, 5.41) is 9.24. The molecule has 0 amide bonds. The molecule has 1 fully saturated rings. The number of carboxylic acids is 1. The van der Waals surface area contributed by atoms with Crippen LogP contribution in [0.3, 0.4) is 0 Å². The summed E-state index contributed by atoms with van der Waals surface area (Å²) in [6, 6.07) is 6.62. The molecule has 2 rings (SSSR count). The largest absolute Gasteiger partial charge is 0.496 e. The summed E-state index contributed by atoms with van der Waals surface area (Å²) in [6.07, 6.45) is 3.60. The van der Waals surface area contributed by atoms with Gasteiger partial charge in [0.2, 0.25) is 0 Å². The zero-order valence-electron chi connectivity index (χ0n) is 12.4. The fraction of sp³-hybridized carbons (Fsp3) is 0.562. The molecule has 0 radical (unpaired) electrons. The minimum Gasteiger partial charge on any atom is -0.496 e. The third-order valence-electron chi connectivity index (χ3n) is 4.28. The fourth-order valence-electron chi connectivity index (χ4n) is 3.08. The van der Waals surface area contributed by atoms with Crippen molar-refractivity contribution >= 4 is 5.97 Å². The summed E-state index contributed by atoms with van der Waals surface area (Å²) in [6.45, 7) is 5.27. The maximum absolute atomic E-state index is 11.3. The van der Waals surface area contributed by atoms with Gasteiger partial charge < -0.3 is 9.84 Å². The summed E-state index contributed by atoms with van der Waals surface area (Å²) in [5.74, 6) is -0.520. The van der Waals surface area contributed by atoms with Crippen LogP contribution in [0.1, 0.15) is 49.0 Å². The molecule has 0 saturated carbocycles. The SMILES string of the molecule is CCC1CCC(C)N1Cc1ccc(OC)c(C(=O)O)c1. The normalized spacial score (nSPS) is 22.9. The molecular formula is C16H23NO3. The first-order valence-corrected chi connectivity index (χ1v) is 7.22. The van der Waals surface area contributed by atoms with Gasteiger partial charge in [0.1, 0.15) is 11.3 Å². The highest BCUT2D eigenvalue weighted by atomic mass is 16.5. The quantitative estimate of drug-likeness (QED) is 0.898. The Hall–Kier alpha value is -1.55. The molecule has 0 aliphatic carbocycles. The van der Waals surface area contributed by atoms with Gasteiger partial charge in [-0.15, -0.1) is 0 Å². The van der Waals surface area contributed by atoms with E-state index in [0.29, 0.717) is 17.8 Å². The molecule has 110 valence electrons. The van der Waals surface area contributed by atoms with Gasteiger partial charge in [-0.05, 0) is 43.9 Å². The van der Waals surface area contributed by atoms with Gasteiger partial charge in [0, 0.05) is 18.6 Å². The third-order valence-corrected chi connectivity index (χ3v) is 4.28. The van der Waals surface area contributed by atoms with Crippen molar-refractivity contribution in [2.75, 3.05) is 7.11 Å². The first kappa shape index (κ1) is 14.9. The van der Waals surface area contributed by atoms with Gasteiger partial charge in [0.15, 0.2) is 0 Å². The van der Waals surface area contributed by atoms with E-state index >= 15 is 0 Å². The Morgan fingerprint density at radius 3 is 2.80 bits per heavy atom. The van der Waals surface area contributed by atoms with Gasteiger partial charge in [-0.1, -0.05) is 13.0 Å². The Morgan fingerprint density at radius 2 is 2.20 bits per heavy atom.